The molecule has 1 fully saturated rings. The smallest absolute Gasteiger partial charge is 0.159 e. The molecule has 1 saturated carbocycles. The van der Waals surface area contributed by atoms with Crippen LogP contribution in [-0.4, -0.2) is 0 Å². The molecule has 0 atom stereocenters. The third kappa shape index (κ3) is 6.09. The lowest BCUT2D eigenvalue weighted by atomic mass is 9.82. The lowest BCUT2D eigenvalue weighted by Gasteiger charge is -2.32. The maximum atomic E-state index is 7.02. The molecule has 17 rings (SSSR count). The largest absolute Gasteiger partial charge is 0.456 e. The van der Waals surface area contributed by atoms with Crippen molar-refractivity contribution in [3.8, 4) is 0 Å². The van der Waals surface area contributed by atoms with Gasteiger partial charge >= 0.3 is 0 Å². The van der Waals surface area contributed by atoms with E-state index in [1.807, 2.05) is 24.3 Å². The number of furan rings is 4. The normalized spacial score (nSPS) is 13.7. The summed E-state index contributed by atoms with van der Waals surface area (Å²) in [7, 11) is 0. The Hall–Kier alpha value is -9.52. The highest BCUT2D eigenvalue weighted by Crippen LogP contribution is 2.54. The van der Waals surface area contributed by atoms with Crippen LogP contribution in [0.2, 0.25) is 0 Å². The number of hydrogen-bond acceptors (Lipinski definition) is 6. The van der Waals surface area contributed by atoms with E-state index >= 15 is 0 Å². The summed E-state index contributed by atoms with van der Waals surface area (Å²) in [5, 5.41) is 15.7. The van der Waals surface area contributed by atoms with Crippen LogP contribution in [0.15, 0.2) is 230 Å². The number of anilines is 6. The Morgan fingerprint density at radius 3 is 1.20 bits per heavy atom. The van der Waals surface area contributed by atoms with E-state index in [2.05, 4.69) is 198 Å². The molecular weight excluding hydrogens is 933 g/mol. The summed E-state index contributed by atoms with van der Waals surface area (Å²) < 4.78 is 27.0. The molecular formula is C70H46N2O4. The molecule has 6 heteroatoms. The number of benzene rings is 12. The second kappa shape index (κ2) is 16.0. The highest BCUT2D eigenvalue weighted by Gasteiger charge is 2.30. The van der Waals surface area contributed by atoms with Crippen LogP contribution in [0.4, 0.5) is 34.1 Å². The van der Waals surface area contributed by atoms with Gasteiger partial charge in [0.2, 0.25) is 0 Å². The van der Waals surface area contributed by atoms with Crippen molar-refractivity contribution in [2.24, 2.45) is 0 Å². The van der Waals surface area contributed by atoms with Crippen LogP contribution in [0.3, 0.4) is 0 Å². The van der Waals surface area contributed by atoms with Gasteiger partial charge < -0.3 is 27.5 Å². The number of hydrogen-bond donors (Lipinski definition) is 0. The third-order valence-electron chi connectivity index (χ3n) is 16.7. The first-order valence-corrected chi connectivity index (χ1v) is 26.7. The quantitative estimate of drug-likeness (QED) is 0.148. The summed E-state index contributed by atoms with van der Waals surface area (Å²) in [5.41, 5.74) is 14.0. The number of fused-ring (bicyclic) bond motifs is 12. The molecule has 0 spiro atoms. The van der Waals surface area contributed by atoms with E-state index in [1.165, 1.54) is 59.2 Å². The summed E-state index contributed by atoms with van der Waals surface area (Å²) in [6.07, 6.45) is 6.36. The van der Waals surface area contributed by atoms with Gasteiger partial charge in [-0.2, -0.15) is 0 Å². The molecule has 1 aliphatic carbocycles. The molecule has 4 heterocycles. The van der Waals surface area contributed by atoms with Crippen LogP contribution < -0.4 is 9.80 Å². The van der Waals surface area contributed by atoms with Crippen molar-refractivity contribution in [1.82, 2.24) is 0 Å². The van der Waals surface area contributed by atoms with Gasteiger partial charge in [-0.05, 0) is 119 Å². The van der Waals surface area contributed by atoms with Crippen molar-refractivity contribution in [1.29, 1.82) is 0 Å². The summed E-state index contributed by atoms with van der Waals surface area (Å²) in [6.45, 7) is 0. The zero-order chi connectivity index (χ0) is 49.6. The topological polar surface area (TPSA) is 59.0 Å². The van der Waals surface area contributed by atoms with Gasteiger partial charge in [0, 0.05) is 70.6 Å². The maximum absolute atomic E-state index is 7.02. The van der Waals surface area contributed by atoms with Crippen LogP contribution in [0.5, 0.6) is 0 Å². The molecule has 76 heavy (non-hydrogen) atoms. The predicted octanol–water partition coefficient (Wildman–Crippen LogP) is 21.2. The van der Waals surface area contributed by atoms with Gasteiger partial charge in [0.05, 0.1) is 22.7 Å². The van der Waals surface area contributed by atoms with Crippen LogP contribution in [0.25, 0.3) is 120 Å². The van der Waals surface area contributed by atoms with Crippen LogP contribution in [0.1, 0.15) is 43.6 Å². The zero-order valence-electron chi connectivity index (χ0n) is 41.3. The first-order chi connectivity index (χ1) is 37.7. The second-order valence-corrected chi connectivity index (χ2v) is 20.9. The number of rotatable bonds is 7. The number of nitrogens with zero attached hydrogens (tertiary/aromatic N) is 2. The number of para-hydroxylation sites is 6. The fraction of sp³-hybridized carbons (Fsp3) is 0.0857. The van der Waals surface area contributed by atoms with Gasteiger partial charge in [-0.3, -0.25) is 0 Å². The van der Waals surface area contributed by atoms with Crippen molar-refractivity contribution in [2.75, 3.05) is 9.80 Å². The average Bonchev–Trinajstić information content (AvgIpc) is 4.33. The molecule has 0 amide bonds. The molecule has 4 aromatic heterocycles. The summed E-state index contributed by atoms with van der Waals surface area (Å²) in [5.74, 6) is 0.559. The van der Waals surface area contributed by atoms with Crippen molar-refractivity contribution < 1.29 is 17.7 Å². The molecule has 16 aromatic rings. The van der Waals surface area contributed by atoms with Gasteiger partial charge in [0.1, 0.15) is 33.5 Å². The lowest BCUT2D eigenvalue weighted by Crippen LogP contribution is -2.15. The van der Waals surface area contributed by atoms with E-state index in [9.17, 15) is 0 Å². The molecule has 0 bridgehead atoms. The fourth-order valence-electron chi connectivity index (χ4n) is 13.3. The molecule has 0 radical (unpaired) electrons. The summed E-state index contributed by atoms with van der Waals surface area (Å²) in [6, 6.07) is 76.6. The van der Waals surface area contributed by atoms with Gasteiger partial charge in [-0.25, -0.2) is 0 Å². The van der Waals surface area contributed by atoms with Crippen molar-refractivity contribution in [3.63, 3.8) is 0 Å². The molecule has 0 aliphatic heterocycles. The Balaban J connectivity index is 1.03. The lowest BCUT2D eigenvalue weighted by molar-refractivity contribution is 0.444. The standard InChI is InChI=1S/C70H46N2O4/c1-2-14-41(15-3-1)44-36-42-28-32-53-59(71(45-30-34-65-55(38-45)49-18-6-8-24-61(49)73-65)57-22-12-20-51-47-16-4-10-26-63(47)75-69(51)57)40-60(54-33-29-43(37-44)67(42)68(53)54)72(46-31-35-66-56(39-46)50-19-7-9-25-62(50)74-66)58-23-13-21-52-48-17-5-11-27-64(48)76-70(52)58/h4-13,16-41H,1-3,14-15H2. The second-order valence-electron chi connectivity index (χ2n) is 20.9. The minimum atomic E-state index is 0.559. The van der Waals surface area contributed by atoms with E-state index in [0.717, 1.165) is 133 Å². The first-order valence-electron chi connectivity index (χ1n) is 26.7. The molecule has 6 nitrogen and oxygen atoms in total. The highest BCUT2D eigenvalue weighted by molar-refractivity contribution is 6.30. The molecule has 0 unspecified atom stereocenters. The highest BCUT2D eigenvalue weighted by atomic mass is 16.3. The Kier molecular flexibility index (Phi) is 8.82. The Morgan fingerprint density at radius 2 is 0.711 bits per heavy atom. The first kappa shape index (κ1) is 41.9. The van der Waals surface area contributed by atoms with Crippen molar-refractivity contribution in [3.05, 3.63) is 218 Å². The van der Waals surface area contributed by atoms with E-state index < -0.39 is 0 Å². The molecule has 360 valence electrons. The average molecular weight is 979 g/mol. The zero-order valence-corrected chi connectivity index (χ0v) is 41.3. The molecule has 0 saturated heterocycles. The SMILES string of the molecule is c1ccc2c(c1)oc1ccc(N(c3cc(N(c4ccc5oc6ccccc6c5c4)c4cccc5c4oc4ccccc45)c4ccc5cc(C6CCCCC6)cc6ccc3c4c65)c3cccc4c3oc3ccccc34)cc12. The van der Waals surface area contributed by atoms with Crippen LogP contribution in [0, 0.1) is 0 Å². The molecule has 1 aliphatic rings. The van der Waals surface area contributed by atoms with Gasteiger partial charge in [0.15, 0.2) is 11.2 Å². The molecule has 12 aromatic carbocycles. The summed E-state index contributed by atoms with van der Waals surface area (Å²) in [4.78, 5) is 4.86. The minimum absolute atomic E-state index is 0.559. The monoisotopic (exact) mass is 978 g/mol. The van der Waals surface area contributed by atoms with Crippen LogP contribution in [-0.2, 0) is 0 Å². The van der Waals surface area contributed by atoms with E-state index in [4.69, 9.17) is 17.7 Å². The van der Waals surface area contributed by atoms with E-state index in [0.29, 0.717) is 5.92 Å². The van der Waals surface area contributed by atoms with Crippen molar-refractivity contribution >= 4 is 154 Å². The fourth-order valence-corrected chi connectivity index (χ4v) is 13.3. The summed E-state index contributed by atoms with van der Waals surface area (Å²) >= 11 is 0. The van der Waals surface area contributed by atoms with Gasteiger partial charge in [-0.1, -0.05) is 153 Å². The maximum Gasteiger partial charge on any atom is 0.159 e. The Labute approximate surface area is 435 Å². The van der Waals surface area contributed by atoms with Crippen molar-refractivity contribution in [2.45, 2.75) is 38.0 Å². The minimum Gasteiger partial charge on any atom is -0.456 e. The van der Waals surface area contributed by atoms with E-state index in [1.54, 1.807) is 0 Å². The molecule has 0 N–H and O–H groups in total. The van der Waals surface area contributed by atoms with E-state index in [-0.39, 0.29) is 0 Å². The Bertz CT molecular complexity index is 4730. The van der Waals surface area contributed by atoms with Gasteiger partial charge in [-0.15, -0.1) is 0 Å². The third-order valence-corrected chi connectivity index (χ3v) is 16.7. The van der Waals surface area contributed by atoms with Crippen LogP contribution >= 0.6 is 0 Å². The van der Waals surface area contributed by atoms with Gasteiger partial charge in [0.25, 0.3) is 0 Å². The Morgan fingerprint density at radius 1 is 0.289 bits per heavy atom. The predicted molar refractivity (Wildman–Crippen MR) is 314 cm³/mol.